The molecule has 1 fully saturated rings. The summed E-state index contributed by atoms with van der Waals surface area (Å²) in [5.41, 5.74) is 0.523. The van der Waals surface area contributed by atoms with Gasteiger partial charge in [-0.2, -0.15) is 0 Å². The quantitative estimate of drug-likeness (QED) is 0.680. The number of rotatable bonds is 9. The van der Waals surface area contributed by atoms with E-state index < -0.39 is 11.6 Å². The summed E-state index contributed by atoms with van der Waals surface area (Å²) in [6.07, 6.45) is 6.37. The smallest absolute Gasteiger partial charge is 0.130 e. The van der Waals surface area contributed by atoms with Crippen LogP contribution in [0.1, 0.15) is 37.7 Å². The van der Waals surface area contributed by atoms with Crippen molar-refractivity contribution in [1.29, 1.82) is 0 Å². The van der Waals surface area contributed by atoms with E-state index in [4.69, 9.17) is 0 Å². The van der Waals surface area contributed by atoms with Gasteiger partial charge in [0, 0.05) is 18.2 Å². The predicted octanol–water partition coefficient (Wildman–Crippen LogP) is 3.22. The Morgan fingerprint density at radius 1 is 1.05 bits per heavy atom. The van der Waals surface area contributed by atoms with Crippen molar-refractivity contribution in [1.82, 2.24) is 10.6 Å². The highest BCUT2D eigenvalue weighted by Crippen LogP contribution is 2.24. The summed E-state index contributed by atoms with van der Waals surface area (Å²) >= 11 is 0. The minimum atomic E-state index is -0.524. The third-order valence-electron chi connectivity index (χ3n) is 3.95. The Labute approximate surface area is 120 Å². The normalized spacial score (nSPS) is 15.3. The SMILES string of the molecule is Fc1ccc(CNCCCCNCC2CCC2)c(F)c1. The average molecular weight is 282 g/mol. The zero-order valence-corrected chi connectivity index (χ0v) is 11.9. The number of unbranched alkanes of at least 4 members (excludes halogenated alkanes) is 1. The van der Waals surface area contributed by atoms with Gasteiger partial charge in [0.15, 0.2) is 0 Å². The molecule has 0 saturated heterocycles. The predicted molar refractivity (Wildman–Crippen MR) is 77.5 cm³/mol. The summed E-state index contributed by atoms with van der Waals surface area (Å²) < 4.78 is 26.1. The standard InChI is InChI=1S/C16H24F2N2/c17-15-7-6-14(16(18)10-15)12-20-9-2-1-8-19-11-13-4-3-5-13/h6-7,10,13,19-20H,1-5,8-9,11-12H2. The van der Waals surface area contributed by atoms with Crippen molar-refractivity contribution in [2.75, 3.05) is 19.6 Å². The van der Waals surface area contributed by atoms with E-state index in [1.54, 1.807) is 0 Å². The molecular formula is C16H24F2N2. The lowest BCUT2D eigenvalue weighted by Gasteiger charge is -2.25. The zero-order chi connectivity index (χ0) is 14.2. The van der Waals surface area contributed by atoms with Gasteiger partial charge in [0.05, 0.1) is 0 Å². The van der Waals surface area contributed by atoms with Gasteiger partial charge < -0.3 is 10.6 Å². The first kappa shape index (κ1) is 15.4. The lowest BCUT2D eigenvalue weighted by atomic mass is 9.85. The largest absolute Gasteiger partial charge is 0.316 e. The van der Waals surface area contributed by atoms with Gasteiger partial charge in [0.1, 0.15) is 11.6 Å². The van der Waals surface area contributed by atoms with Crippen molar-refractivity contribution in [3.63, 3.8) is 0 Å². The van der Waals surface area contributed by atoms with E-state index in [0.29, 0.717) is 12.1 Å². The van der Waals surface area contributed by atoms with E-state index in [1.807, 2.05) is 0 Å². The van der Waals surface area contributed by atoms with E-state index >= 15 is 0 Å². The fourth-order valence-electron chi connectivity index (χ4n) is 2.39. The molecule has 0 aliphatic heterocycles. The van der Waals surface area contributed by atoms with Crippen LogP contribution >= 0.6 is 0 Å². The van der Waals surface area contributed by atoms with Gasteiger partial charge in [0.25, 0.3) is 0 Å². The number of nitrogens with one attached hydrogen (secondary N) is 2. The fourth-order valence-corrected chi connectivity index (χ4v) is 2.39. The van der Waals surface area contributed by atoms with E-state index in [2.05, 4.69) is 10.6 Å². The number of benzene rings is 1. The van der Waals surface area contributed by atoms with Crippen LogP contribution in [0.2, 0.25) is 0 Å². The first-order chi connectivity index (χ1) is 9.75. The molecule has 2 N–H and O–H groups in total. The van der Waals surface area contributed by atoms with E-state index in [1.165, 1.54) is 31.4 Å². The Balaban J connectivity index is 1.46. The van der Waals surface area contributed by atoms with Crippen molar-refractivity contribution in [2.24, 2.45) is 5.92 Å². The first-order valence-corrected chi connectivity index (χ1v) is 7.61. The average Bonchev–Trinajstić information content (AvgIpc) is 2.37. The van der Waals surface area contributed by atoms with E-state index in [0.717, 1.165) is 44.5 Å². The Morgan fingerprint density at radius 3 is 2.45 bits per heavy atom. The molecule has 0 atom stereocenters. The number of hydrogen-bond acceptors (Lipinski definition) is 2. The molecule has 1 saturated carbocycles. The second kappa shape index (κ2) is 8.32. The molecule has 112 valence electrons. The lowest BCUT2D eigenvalue weighted by molar-refractivity contribution is 0.301. The molecule has 20 heavy (non-hydrogen) atoms. The molecule has 0 bridgehead atoms. The summed E-state index contributed by atoms with van der Waals surface area (Å²) in [4.78, 5) is 0. The van der Waals surface area contributed by atoms with Crippen LogP contribution in [-0.4, -0.2) is 19.6 Å². The molecular weight excluding hydrogens is 258 g/mol. The van der Waals surface area contributed by atoms with Crippen LogP contribution in [0.4, 0.5) is 8.78 Å². The molecule has 1 aliphatic rings. The van der Waals surface area contributed by atoms with E-state index in [-0.39, 0.29) is 0 Å². The van der Waals surface area contributed by atoms with Crippen LogP contribution in [-0.2, 0) is 6.54 Å². The molecule has 2 nitrogen and oxygen atoms in total. The van der Waals surface area contributed by atoms with Gasteiger partial charge in [-0.25, -0.2) is 8.78 Å². The van der Waals surface area contributed by atoms with E-state index in [9.17, 15) is 8.78 Å². The van der Waals surface area contributed by atoms with Crippen molar-refractivity contribution < 1.29 is 8.78 Å². The topological polar surface area (TPSA) is 24.1 Å². The third-order valence-corrected chi connectivity index (χ3v) is 3.95. The van der Waals surface area contributed by atoms with Crippen molar-refractivity contribution in [3.05, 3.63) is 35.4 Å². The van der Waals surface area contributed by atoms with Gasteiger partial charge in [-0.3, -0.25) is 0 Å². The lowest BCUT2D eigenvalue weighted by Crippen LogP contribution is -2.28. The maximum absolute atomic E-state index is 13.4. The maximum Gasteiger partial charge on any atom is 0.130 e. The highest BCUT2D eigenvalue weighted by molar-refractivity contribution is 5.18. The van der Waals surface area contributed by atoms with Gasteiger partial charge >= 0.3 is 0 Å². The molecule has 0 spiro atoms. The van der Waals surface area contributed by atoms with Crippen LogP contribution < -0.4 is 10.6 Å². The summed E-state index contributed by atoms with van der Waals surface area (Å²) in [5.74, 6) is -0.0852. The molecule has 0 heterocycles. The highest BCUT2D eigenvalue weighted by atomic mass is 19.1. The summed E-state index contributed by atoms with van der Waals surface area (Å²) in [6.45, 7) is 3.54. The second-order valence-electron chi connectivity index (χ2n) is 5.62. The van der Waals surface area contributed by atoms with Gasteiger partial charge in [0.2, 0.25) is 0 Å². The second-order valence-corrected chi connectivity index (χ2v) is 5.62. The number of halogens is 2. The number of hydrogen-bond donors (Lipinski definition) is 2. The highest BCUT2D eigenvalue weighted by Gasteiger charge is 2.15. The minimum Gasteiger partial charge on any atom is -0.316 e. The molecule has 1 aromatic rings. The third kappa shape index (κ3) is 5.17. The first-order valence-electron chi connectivity index (χ1n) is 7.61. The molecule has 2 rings (SSSR count). The van der Waals surface area contributed by atoms with Crippen molar-refractivity contribution in [3.8, 4) is 0 Å². The van der Waals surface area contributed by atoms with Crippen LogP contribution in [0.5, 0.6) is 0 Å². The summed E-state index contributed by atoms with van der Waals surface area (Å²) in [6, 6.07) is 3.73. The monoisotopic (exact) mass is 282 g/mol. The molecule has 0 unspecified atom stereocenters. The minimum absolute atomic E-state index is 0.460. The Kier molecular flexibility index (Phi) is 6.40. The Hall–Kier alpha value is -1.00. The maximum atomic E-state index is 13.4. The van der Waals surface area contributed by atoms with Crippen molar-refractivity contribution in [2.45, 2.75) is 38.6 Å². The van der Waals surface area contributed by atoms with Crippen LogP contribution in [0.3, 0.4) is 0 Å². The van der Waals surface area contributed by atoms with Crippen LogP contribution in [0.15, 0.2) is 18.2 Å². The van der Waals surface area contributed by atoms with Crippen LogP contribution in [0, 0.1) is 17.6 Å². The fraction of sp³-hybridized carbons (Fsp3) is 0.625. The van der Waals surface area contributed by atoms with Crippen molar-refractivity contribution >= 4 is 0 Å². The Bertz CT molecular complexity index is 405. The molecule has 1 aliphatic carbocycles. The molecule has 0 aromatic heterocycles. The Morgan fingerprint density at radius 2 is 1.80 bits per heavy atom. The van der Waals surface area contributed by atoms with Gasteiger partial charge in [-0.05, 0) is 57.3 Å². The van der Waals surface area contributed by atoms with Crippen LogP contribution in [0.25, 0.3) is 0 Å². The molecule has 4 heteroatoms. The van der Waals surface area contributed by atoms with Gasteiger partial charge in [-0.1, -0.05) is 12.5 Å². The summed E-state index contributed by atoms with van der Waals surface area (Å²) in [5, 5.41) is 6.68. The van der Waals surface area contributed by atoms with Gasteiger partial charge in [-0.15, -0.1) is 0 Å². The molecule has 1 aromatic carbocycles. The molecule has 0 radical (unpaired) electrons. The summed E-state index contributed by atoms with van der Waals surface area (Å²) in [7, 11) is 0. The molecule has 0 amide bonds. The zero-order valence-electron chi connectivity index (χ0n) is 11.9.